The normalized spacial score (nSPS) is 12.7. The van der Waals surface area contributed by atoms with Crippen molar-refractivity contribution in [3.05, 3.63) is 65.7 Å². The molecule has 1 N–H and O–H groups in total. The molecule has 0 aromatic heterocycles. The molecule has 0 spiro atoms. The summed E-state index contributed by atoms with van der Waals surface area (Å²) in [6, 6.07) is 12.9. The summed E-state index contributed by atoms with van der Waals surface area (Å²) in [4.78, 5) is 27.9. The monoisotopic (exact) mass is 569 g/mol. The number of halogens is 3. The quantitative estimate of drug-likeness (QED) is 0.352. The van der Waals surface area contributed by atoms with E-state index in [1.165, 1.54) is 11.0 Å². The molecule has 2 aromatic carbocycles. The maximum Gasteiger partial charge on any atom is 0.416 e. The molecule has 2 amide bonds. The number of nitrogens with one attached hydrogen (secondary N) is 1. The van der Waals surface area contributed by atoms with Crippen LogP contribution in [0, 0.1) is 5.92 Å². The number of rotatable bonds is 14. The number of hydrogen-bond donors (Lipinski definition) is 1. The third kappa shape index (κ3) is 10.2. The van der Waals surface area contributed by atoms with Crippen LogP contribution in [0.5, 0.6) is 0 Å². The van der Waals surface area contributed by atoms with Crippen LogP contribution in [-0.2, 0) is 32.2 Å². The van der Waals surface area contributed by atoms with Gasteiger partial charge in [-0.05, 0) is 48.9 Å². The van der Waals surface area contributed by atoms with Gasteiger partial charge >= 0.3 is 6.18 Å². The van der Waals surface area contributed by atoms with Gasteiger partial charge in [-0.15, -0.1) is 0 Å². The van der Waals surface area contributed by atoms with Crippen molar-refractivity contribution >= 4 is 27.5 Å². The lowest BCUT2D eigenvalue weighted by Crippen LogP contribution is -2.50. The molecular weight excluding hydrogens is 531 g/mol. The molecule has 2 aromatic rings. The Morgan fingerprint density at radius 2 is 1.67 bits per heavy atom. The molecule has 0 aliphatic heterocycles. The summed E-state index contributed by atoms with van der Waals surface area (Å²) in [6.45, 7) is 6.33. The van der Waals surface area contributed by atoms with E-state index in [4.69, 9.17) is 0 Å². The molecule has 0 aliphatic rings. The second-order valence-electron chi connectivity index (χ2n) is 9.87. The fourth-order valence-corrected chi connectivity index (χ4v) is 5.12. The second-order valence-corrected chi connectivity index (χ2v) is 11.8. The van der Waals surface area contributed by atoms with Gasteiger partial charge in [0.25, 0.3) is 0 Å². The van der Waals surface area contributed by atoms with Gasteiger partial charge in [0.05, 0.1) is 17.5 Å². The molecule has 0 saturated heterocycles. The lowest BCUT2D eigenvalue weighted by molar-refractivity contribution is -0.140. The van der Waals surface area contributed by atoms with E-state index in [-0.39, 0.29) is 42.8 Å². The summed E-state index contributed by atoms with van der Waals surface area (Å²) in [5.74, 6) is -0.345. The molecule has 1 atom stereocenters. The van der Waals surface area contributed by atoms with Crippen molar-refractivity contribution in [2.24, 2.45) is 5.92 Å². The molecule has 216 valence electrons. The van der Waals surface area contributed by atoms with Crippen molar-refractivity contribution in [2.45, 2.75) is 58.7 Å². The molecule has 0 heterocycles. The highest BCUT2D eigenvalue weighted by molar-refractivity contribution is 7.92. The van der Waals surface area contributed by atoms with Gasteiger partial charge in [-0.25, -0.2) is 8.42 Å². The maximum absolute atomic E-state index is 13.4. The Morgan fingerprint density at radius 1 is 1.00 bits per heavy atom. The minimum Gasteiger partial charge on any atom is -0.354 e. The molecule has 1 unspecified atom stereocenters. The van der Waals surface area contributed by atoms with E-state index in [1.54, 1.807) is 0 Å². The van der Waals surface area contributed by atoms with Crippen LogP contribution in [0.4, 0.5) is 18.9 Å². The fraction of sp³-hybridized carbons (Fsp3) is 0.500. The van der Waals surface area contributed by atoms with Crippen molar-refractivity contribution in [3.8, 4) is 0 Å². The molecule has 0 saturated carbocycles. The number of carbonyl (C=O) groups excluding carboxylic acids is 2. The Morgan fingerprint density at radius 3 is 2.23 bits per heavy atom. The maximum atomic E-state index is 13.4. The van der Waals surface area contributed by atoms with Gasteiger partial charge in [-0.3, -0.25) is 13.9 Å². The van der Waals surface area contributed by atoms with Crippen molar-refractivity contribution in [3.63, 3.8) is 0 Å². The first kappa shape index (κ1) is 32.1. The Labute approximate surface area is 229 Å². The standard InChI is InChI=1S/C28H38F3N3O4S/c1-5-25(27(36)32-20-21(2)3)33(18-16-22-11-7-6-8-12-22)26(35)15-10-17-34(39(4,37)38)24-14-9-13-23(19-24)28(29,30)31/h6-9,11-14,19,21,25H,5,10,15-18,20H2,1-4H3,(H,32,36). The fourth-order valence-electron chi connectivity index (χ4n) is 4.16. The molecule has 0 fully saturated rings. The molecule has 7 nitrogen and oxygen atoms in total. The van der Waals surface area contributed by atoms with Gasteiger partial charge in [-0.2, -0.15) is 13.2 Å². The Balaban J connectivity index is 2.20. The van der Waals surface area contributed by atoms with Crippen molar-refractivity contribution < 1.29 is 31.2 Å². The number of carbonyl (C=O) groups is 2. The summed E-state index contributed by atoms with van der Waals surface area (Å²) in [5.41, 5.74) is -0.0873. The zero-order valence-electron chi connectivity index (χ0n) is 22.9. The topological polar surface area (TPSA) is 86.8 Å². The highest BCUT2D eigenvalue weighted by Crippen LogP contribution is 2.32. The van der Waals surface area contributed by atoms with Crippen LogP contribution < -0.4 is 9.62 Å². The summed E-state index contributed by atoms with van der Waals surface area (Å²) in [7, 11) is -3.92. The molecule has 0 radical (unpaired) electrons. The van der Waals surface area contributed by atoms with Crippen LogP contribution >= 0.6 is 0 Å². The summed E-state index contributed by atoms with van der Waals surface area (Å²) in [5, 5.41) is 2.89. The smallest absolute Gasteiger partial charge is 0.354 e. The number of nitrogens with zero attached hydrogens (tertiary/aromatic N) is 2. The van der Waals surface area contributed by atoms with E-state index in [0.29, 0.717) is 25.9 Å². The van der Waals surface area contributed by atoms with Crippen LogP contribution in [0.15, 0.2) is 54.6 Å². The number of alkyl halides is 3. The SMILES string of the molecule is CCC(C(=O)NCC(C)C)N(CCc1ccccc1)C(=O)CCCN(c1cccc(C(F)(F)F)c1)S(C)(=O)=O. The summed E-state index contributed by atoms with van der Waals surface area (Å²) < 4.78 is 65.3. The number of amides is 2. The Kier molecular flexibility index (Phi) is 11.8. The minimum absolute atomic E-state index is 0.0635. The lowest BCUT2D eigenvalue weighted by Gasteiger charge is -2.31. The largest absolute Gasteiger partial charge is 0.416 e. The predicted molar refractivity (Wildman–Crippen MR) is 147 cm³/mol. The van der Waals surface area contributed by atoms with Gasteiger partial charge in [0.1, 0.15) is 6.04 Å². The number of anilines is 1. The van der Waals surface area contributed by atoms with Crippen LogP contribution in [-0.4, -0.2) is 57.1 Å². The molecule has 0 bridgehead atoms. The average molecular weight is 570 g/mol. The first-order chi connectivity index (χ1) is 18.2. The van der Waals surface area contributed by atoms with E-state index < -0.39 is 27.8 Å². The van der Waals surface area contributed by atoms with E-state index in [0.717, 1.165) is 34.3 Å². The number of benzene rings is 2. The third-order valence-corrected chi connectivity index (χ3v) is 7.36. The van der Waals surface area contributed by atoms with Crippen LogP contribution in [0.2, 0.25) is 0 Å². The van der Waals surface area contributed by atoms with Crippen LogP contribution in [0.1, 0.15) is 51.2 Å². The zero-order valence-corrected chi connectivity index (χ0v) is 23.7. The Hall–Kier alpha value is -3.08. The van der Waals surface area contributed by atoms with Gasteiger partial charge in [0.2, 0.25) is 21.8 Å². The molecule has 39 heavy (non-hydrogen) atoms. The summed E-state index contributed by atoms with van der Waals surface area (Å²) in [6.07, 6.45) is -2.81. The van der Waals surface area contributed by atoms with E-state index >= 15 is 0 Å². The third-order valence-electron chi connectivity index (χ3n) is 6.17. The minimum atomic E-state index is -4.63. The zero-order chi connectivity index (χ0) is 29.2. The predicted octanol–water partition coefficient (Wildman–Crippen LogP) is 4.87. The van der Waals surface area contributed by atoms with Crippen LogP contribution in [0.25, 0.3) is 0 Å². The van der Waals surface area contributed by atoms with Gasteiger partial charge in [0.15, 0.2) is 0 Å². The highest BCUT2D eigenvalue weighted by atomic mass is 32.2. The van der Waals surface area contributed by atoms with E-state index in [1.807, 2.05) is 51.1 Å². The second kappa shape index (κ2) is 14.3. The van der Waals surface area contributed by atoms with Crippen molar-refractivity contribution in [1.82, 2.24) is 10.2 Å². The molecule has 0 aliphatic carbocycles. The first-order valence-corrected chi connectivity index (χ1v) is 14.8. The molecule has 2 rings (SSSR count). The number of sulfonamides is 1. The van der Waals surface area contributed by atoms with Gasteiger partial charge < -0.3 is 10.2 Å². The molecular formula is C28H38F3N3O4S. The van der Waals surface area contributed by atoms with Crippen LogP contribution in [0.3, 0.4) is 0 Å². The Bertz CT molecular complexity index is 1190. The van der Waals surface area contributed by atoms with Gasteiger partial charge in [0, 0.05) is 26.1 Å². The lowest BCUT2D eigenvalue weighted by atomic mass is 10.1. The number of hydrogen-bond acceptors (Lipinski definition) is 4. The van der Waals surface area contributed by atoms with E-state index in [2.05, 4.69) is 5.32 Å². The summed E-state index contributed by atoms with van der Waals surface area (Å²) >= 11 is 0. The molecule has 11 heteroatoms. The average Bonchev–Trinajstić information content (AvgIpc) is 2.87. The first-order valence-electron chi connectivity index (χ1n) is 13.0. The van der Waals surface area contributed by atoms with Crippen molar-refractivity contribution in [1.29, 1.82) is 0 Å². The van der Waals surface area contributed by atoms with Gasteiger partial charge in [-0.1, -0.05) is 57.2 Å². The van der Waals surface area contributed by atoms with E-state index in [9.17, 15) is 31.2 Å². The highest BCUT2D eigenvalue weighted by Gasteiger charge is 2.32. The van der Waals surface area contributed by atoms with Crippen molar-refractivity contribution in [2.75, 3.05) is 30.2 Å².